The first kappa shape index (κ1) is 16.3. The summed E-state index contributed by atoms with van der Waals surface area (Å²) in [6.45, 7) is 0. The zero-order valence-electron chi connectivity index (χ0n) is 12.3. The molecule has 0 aromatic heterocycles. The van der Waals surface area contributed by atoms with E-state index in [0.717, 1.165) is 17.0 Å². The van der Waals surface area contributed by atoms with Gasteiger partial charge >= 0.3 is 0 Å². The number of anilines is 1. The van der Waals surface area contributed by atoms with Gasteiger partial charge in [-0.15, -0.1) is 0 Å². The molecule has 4 nitrogen and oxygen atoms in total. The zero-order chi connectivity index (χ0) is 15.9. The van der Waals surface area contributed by atoms with Crippen LogP contribution in [0.4, 0.5) is 5.69 Å². The lowest BCUT2D eigenvalue weighted by molar-refractivity contribution is 0.415. The van der Waals surface area contributed by atoms with Gasteiger partial charge in [0.1, 0.15) is 5.75 Å². The number of benzene rings is 2. The molecule has 2 aromatic carbocycles. The van der Waals surface area contributed by atoms with Crippen LogP contribution in [0.3, 0.4) is 0 Å². The molecule has 0 atom stereocenters. The van der Waals surface area contributed by atoms with E-state index in [2.05, 4.69) is 10.4 Å². The van der Waals surface area contributed by atoms with E-state index in [1.54, 1.807) is 37.5 Å². The fourth-order valence-corrected chi connectivity index (χ4v) is 1.92. The number of ether oxygens (including phenoxy) is 1. The monoisotopic (exact) mass is 333 g/mol. The molecule has 2 aromatic rings. The number of rotatable bonds is 4. The number of halogens is 1. The molecule has 0 heterocycles. The molecule has 22 heavy (non-hydrogen) atoms. The van der Waals surface area contributed by atoms with Crippen molar-refractivity contribution in [2.45, 2.75) is 0 Å². The normalized spacial score (nSPS) is 10.5. The van der Waals surface area contributed by atoms with Crippen molar-refractivity contribution in [2.24, 2.45) is 5.10 Å². The van der Waals surface area contributed by atoms with Gasteiger partial charge in [-0.05, 0) is 66.3 Å². The van der Waals surface area contributed by atoms with Gasteiger partial charge < -0.3 is 10.1 Å². The van der Waals surface area contributed by atoms with E-state index in [0.29, 0.717) is 10.1 Å². The predicted molar refractivity (Wildman–Crippen MR) is 96.0 cm³/mol. The molecule has 0 unspecified atom stereocenters. The minimum Gasteiger partial charge on any atom is -0.497 e. The maximum Gasteiger partial charge on any atom is 0.193 e. The number of hydrogen-bond donors (Lipinski definition) is 1. The Morgan fingerprint density at radius 1 is 1.18 bits per heavy atom. The average molecular weight is 334 g/mol. The van der Waals surface area contributed by atoms with Gasteiger partial charge in [0.25, 0.3) is 0 Å². The fourth-order valence-electron chi connectivity index (χ4n) is 1.63. The van der Waals surface area contributed by atoms with Crippen LogP contribution in [0.5, 0.6) is 5.75 Å². The highest BCUT2D eigenvalue weighted by molar-refractivity contribution is 7.80. The molecule has 0 bridgehead atoms. The van der Waals surface area contributed by atoms with Crippen molar-refractivity contribution in [3.8, 4) is 5.75 Å². The summed E-state index contributed by atoms with van der Waals surface area (Å²) < 4.78 is 5.11. The van der Waals surface area contributed by atoms with Crippen LogP contribution in [0.25, 0.3) is 0 Å². The molecule has 0 saturated carbocycles. The van der Waals surface area contributed by atoms with Crippen molar-refractivity contribution in [3.05, 3.63) is 59.1 Å². The molecule has 0 fully saturated rings. The summed E-state index contributed by atoms with van der Waals surface area (Å²) in [6.07, 6.45) is 1.73. The van der Waals surface area contributed by atoms with E-state index in [1.165, 1.54) is 0 Å². The first-order chi connectivity index (χ1) is 10.6. The van der Waals surface area contributed by atoms with Gasteiger partial charge in [-0.3, -0.25) is 0 Å². The summed E-state index contributed by atoms with van der Waals surface area (Å²) in [7, 11) is 3.42. The Kier molecular flexibility index (Phi) is 5.75. The van der Waals surface area contributed by atoms with Crippen molar-refractivity contribution in [3.63, 3.8) is 0 Å². The summed E-state index contributed by atoms with van der Waals surface area (Å²) in [5, 5.41) is 10.2. The Labute approximate surface area is 140 Å². The lowest BCUT2D eigenvalue weighted by atomic mass is 10.2. The highest BCUT2D eigenvalue weighted by Crippen LogP contribution is 2.14. The standard InChI is InChI=1S/C16H16ClN3OS/c1-20(16(22)19-14-7-5-13(17)6-8-14)18-11-12-3-9-15(21-2)10-4-12/h3-11H,1-2H3,(H,19,22)/b18-11+. The van der Waals surface area contributed by atoms with E-state index in [-0.39, 0.29) is 0 Å². The minimum absolute atomic E-state index is 0.493. The van der Waals surface area contributed by atoms with Crippen LogP contribution in [0, 0.1) is 0 Å². The van der Waals surface area contributed by atoms with Crippen molar-refractivity contribution < 1.29 is 4.74 Å². The lowest BCUT2D eigenvalue weighted by Gasteiger charge is -2.15. The Balaban J connectivity index is 1.95. The Bertz CT molecular complexity index is 656. The molecule has 0 saturated heterocycles. The van der Waals surface area contributed by atoms with Crippen molar-refractivity contribution in [1.82, 2.24) is 5.01 Å². The second-order valence-electron chi connectivity index (χ2n) is 4.48. The quantitative estimate of drug-likeness (QED) is 0.521. The highest BCUT2D eigenvalue weighted by Gasteiger charge is 2.02. The maximum atomic E-state index is 5.85. The van der Waals surface area contributed by atoms with Crippen LogP contribution in [-0.4, -0.2) is 30.5 Å². The van der Waals surface area contributed by atoms with Gasteiger partial charge in [0.2, 0.25) is 0 Å². The van der Waals surface area contributed by atoms with Crippen molar-refractivity contribution in [2.75, 3.05) is 19.5 Å². The molecule has 114 valence electrons. The smallest absolute Gasteiger partial charge is 0.193 e. The van der Waals surface area contributed by atoms with Gasteiger partial charge in [-0.25, -0.2) is 5.01 Å². The van der Waals surface area contributed by atoms with E-state index < -0.39 is 0 Å². The minimum atomic E-state index is 0.493. The lowest BCUT2D eigenvalue weighted by Crippen LogP contribution is -2.26. The second-order valence-corrected chi connectivity index (χ2v) is 5.30. The van der Waals surface area contributed by atoms with E-state index in [1.807, 2.05) is 36.4 Å². The third kappa shape index (κ3) is 4.72. The first-order valence-electron chi connectivity index (χ1n) is 6.57. The number of hydrazone groups is 1. The first-order valence-corrected chi connectivity index (χ1v) is 7.35. The summed E-state index contributed by atoms with van der Waals surface area (Å²) in [5.74, 6) is 0.811. The van der Waals surface area contributed by atoms with E-state index in [9.17, 15) is 0 Å². The SMILES string of the molecule is COc1ccc(/C=N/N(C)C(=S)Nc2ccc(Cl)cc2)cc1. The van der Waals surface area contributed by atoms with Gasteiger partial charge in [-0.1, -0.05) is 11.6 Å². The molecule has 0 aliphatic rings. The molecule has 0 aliphatic heterocycles. The fraction of sp³-hybridized carbons (Fsp3) is 0.125. The Morgan fingerprint density at radius 3 is 2.41 bits per heavy atom. The van der Waals surface area contributed by atoms with Crippen LogP contribution in [0.1, 0.15) is 5.56 Å². The molecule has 0 radical (unpaired) electrons. The van der Waals surface area contributed by atoms with Crippen molar-refractivity contribution >= 4 is 40.8 Å². The predicted octanol–water partition coefficient (Wildman–Crippen LogP) is 4.01. The molecule has 0 amide bonds. The molecule has 2 rings (SSSR count). The zero-order valence-corrected chi connectivity index (χ0v) is 13.9. The summed E-state index contributed by atoms with van der Waals surface area (Å²) in [6, 6.07) is 14.9. The number of nitrogens with one attached hydrogen (secondary N) is 1. The van der Waals surface area contributed by atoms with Crippen molar-refractivity contribution in [1.29, 1.82) is 0 Å². The van der Waals surface area contributed by atoms with Gasteiger partial charge in [0, 0.05) is 17.8 Å². The van der Waals surface area contributed by atoms with Crippen LogP contribution in [0.15, 0.2) is 53.6 Å². The molecular formula is C16H16ClN3OS. The van der Waals surface area contributed by atoms with Gasteiger partial charge in [-0.2, -0.15) is 5.10 Å². The van der Waals surface area contributed by atoms with Gasteiger partial charge in [0.05, 0.1) is 13.3 Å². The third-order valence-corrected chi connectivity index (χ3v) is 3.50. The molecule has 1 N–H and O–H groups in total. The number of thiocarbonyl (C=S) groups is 1. The highest BCUT2D eigenvalue weighted by atomic mass is 35.5. The molecular weight excluding hydrogens is 318 g/mol. The largest absolute Gasteiger partial charge is 0.497 e. The number of hydrogen-bond acceptors (Lipinski definition) is 3. The van der Waals surface area contributed by atoms with Gasteiger partial charge in [0.15, 0.2) is 5.11 Å². The second kappa shape index (κ2) is 7.77. The van der Waals surface area contributed by atoms with Crippen LogP contribution < -0.4 is 10.1 Å². The molecule has 0 aliphatic carbocycles. The average Bonchev–Trinajstić information content (AvgIpc) is 2.55. The summed E-state index contributed by atoms with van der Waals surface area (Å²) in [4.78, 5) is 0. The van der Waals surface area contributed by atoms with Crippen LogP contribution in [0.2, 0.25) is 5.02 Å². The van der Waals surface area contributed by atoms with Crippen LogP contribution >= 0.6 is 23.8 Å². The Hall–Kier alpha value is -2.11. The summed E-state index contributed by atoms with van der Waals surface area (Å²) in [5.41, 5.74) is 1.82. The third-order valence-electron chi connectivity index (χ3n) is 2.89. The van der Waals surface area contributed by atoms with E-state index >= 15 is 0 Å². The summed E-state index contributed by atoms with van der Waals surface area (Å²) >= 11 is 11.1. The Morgan fingerprint density at radius 2 is 1.82 bits per heavy atom. The maximum absolute atomic E-state index is 5.85. The number of methoxy groups -OCH3 is 1. The topological polar surface area (TPSA) is 36.9 Å². The molecule has 6 heteroatoms. The molecule has 0 spiro atoms. The van der Waals surface area contributed by atoms with E-state index in [4.69, 9.17) is 28.6 Å². The number of nitrogens with zero attached hydrogens (tertiary/aromatic N) is 2. The van der Waals surface area contributed by atoms with Crippen LogP contribution in [-0.2, 0) is 0 Å².